The Hall–Kier alpha value is -2.82. The summed E-state index contributed by atoms with van der Waals surface area (Å²) in [4.78, 5) is 26.5. The molecule has 2 aromatic rings. The van der Waals surface area contributed by atoms with E-state index in [1.807, 2.05) is 86.6 Å². The Labute approximate surface area is 180 Å². The lowest BCUT2D eigenvalue weighted by Gasteiger charge is -2.36. The number of nitrogens with zero attached hydrogens (tertiary/aromatic N) is 1. The van der Waals surface area contributed by atoms with Gasteiger partial charge < -0.3 is 4.74 Å². The van der Waals surface area contributed by atoms with E-state index >= 15 is 0 Å². The third kappa shape index (κ3) is 5.41. The maximum absolute atomic E-state index is 13.3. The van der Waals surface area contributed by atoms with Gasteiger partial charge in [-0.2, -0.15) is 0 Å². The summed E-state index contributed by atoms with van der Waals surface area (Å²) in [6.45, 7) is 17.3. The van der Waals surface area contributed by atoms with E-state index in [4.69, 9.17) is 4.74 Å². The van der Waals surface area contributed by atoms with Crippen molar-refractivity contribution in [3.05, 3.63) is 63.7 Å². The van der Waals surface area contributed by atoms with Crippen molar-refractivity contribution in [2.45, 2.75) is 74.0 Å². The largest absolute Gasteiger partial charge is 0.490 e. The Balaban J connectivity index is 2.40. The van der Waals surface area contributed by atoms with Gasteiger partial charge in [-0.3, -0.25) is 15.0 Å². The van der Waals surface area contributed by atoms with E-state index < -0.39 is 5.54 Å². The molecule has 0 bridgehead atoms. The SMILES string of the molecule is Cc1cc(C)cc(C(=O)N(NC(=O)c2ccc(C)c(OC(C)C)c2C)C(C)(C)C)c1. The molecule has 0 atom stereocenters. The number of benzene rings is 2. The highest BCUT2D eigenvalue weighted by molar-refractivity contribution is 6.00. The second kappa shape index (κ2) is 8.90. The Bertz CT molecular complexity index is 935. The van der Waals surface area contributed by atoms with Crippen LogP contribution in [0.2, 0.25) is 0 Å². The van der Waals surface area contributed by atoms with Crippen molar-refractivity contribution in [1.29, 1.82) is 0 Å². The van der Waals surface area contributed by atoms with Gasteiger partial charge in [0.2, 0.25) is 0 Å². The molecule has 0 aliphatic heterocycles. The fourth-order valence-corrected chi connectivity index (χ4v) is 3.40. The summed E-state index contributed by atoms with van der Waals surface area (Å²) in [5, 5.41) is 1.41. The summed E-state index contributed by atoms with van der Waals surface area (Å²) in [7, 11) is 0. The number of nitrogens with one attached hydrogen (secondary N) is 1. The lowest BCUT2D eigenvalue weighted by atomic mass is 10.0. The van der Waals surface area contributed by atoms with E-state index in [-0.39, 0.29) is 17.9 Å². The maximum Gasteiger partial charge on any atom is 0.272 e. The number of aryl methyl sites for hydroxylation is 3. The fourth-order valence-electron chi connectivity index (χ4n) is 3.40. The van der Waals surface area contributed by atoms with Crippen molar-refractivity contribution >= 4 is 11.8 Å². The molecule has 5 nitrogen and oxygen atoms in total. The molecular weight excluding hydrogens is 376 g/mol. The van der Waals surface area contributed by atoms with Gasteiger partial charge in [-0.05, 0) is 86.1 Å². The summed E-state index contributed by atoms with van der Waals surface area (Å²) in [6, 6.07) is 9.34. The van der Waals surface area contributed by atoms with E-state index in [0.717, 1.165) is 22.3 Å². The first-order valence-corrected chi connectivity index (χ1v) is 10.3. The number of hydrogen-bond acceptors (Lipinski definition) is 3. The molecule has 0 aliphatic carbocycles. The lowest BCUT2D eigenvalue weighted by molar-refractivity contribution is 0.0358. The van der Waals surface area contributed by atoms with Crippen LogP contribution in [0, 0.1) is 27.7 Å². The molecule has 2 aromatic carbocycles. The van der Waals surface area contributed by atoms with Crippen LogP contribution in [0.3, 0.4) is 0 Å². The summed E-state index contributed by atoms with van der Waals surface area (Å²) < 4.78 is 5.92. The molecule has 0 saturated carbocycles. The zero-order valence-electron chi connectivity index (χ0n) is 19.6. The molecule has 0 aliphatic rings. The average molecular weight is 411 g/mol. The highest BCUT2D eigenvalue weighted by Crippen LogP contribution is 2.28. The number of ether oxygens (including phenoxy) is 1. The minimum atomic E-state index is -0.611. The number of rotatable bonds is 4. The topological polar surface area (TPSA) is 58.6 Å². The molecule has 0 radical (unpaired) electrons. The monoisotopic (exact) mass is 410 g/mol. The van der Waals surface area contributed by atoms with Crippen molar-refractivity contribution in [2.75, 3.05) is 0 Å². The van der Waals surface area contributed by atoms with E-state index in [0.29, 0.717) is 16.9 Å². The van der Waals surface area contributed by atoms with Crippen molar-refractivity contribution in [3.63, 3.8) is 0 Å². The van der Waals surface area contributed by atoms with Crippen molar-refractivity contribution < 1.29 is 14.3 Å². The number of hydrogen-bond donors (Lipinski definition) is 1. The summed E-state index contributed by atoms with van der Waals surface area (Å²) in [5.41, 5.74) is 7.00. The predicted molar refractivity (Wildman–Crippen MR) is 121 cm³/mol. The maximum atomic E-state index is 13.3. The third-order valence-electron chi connectivity index (χ3n) is 4.76. The molecule has 0 unspecified atom stereocenters. The number of hydrazine groups is 1. The van der Waals surface area contributed by atoms with Crippen LogP contribution >= 0.6 is 0 Å². The Morgan fingerprint density at radius 2 is 1.53 bits per heavy atom. The molecule has 162 valence electrons. The van der Waals surface area contributed by atoms with Crippen LogP contribution in [0.25, 0.3) is 0 Å². The molecular formula is C25H34N2O3. The van der Waals surface area contributed by atoms with Crippen LogP contribution in [-0.2, 0) is 0 Å². The van der Waals surface area contributed by atoms with Crippen LogP contribution in [-0.4, -0.2) is 28.5 Å². The average Bonchev–Trinajstić information content (AvgIpc) is 2.60. The summed E-state index contributed by atoms with van der Waals surface area (Å²) >= 11 is 0. The van der Waals surface area contributed by atoms with E-state index in [9.17, 15) is 9.59 Å². The second-order valence-electron chi connectivity index (χ2n) is 9.18. The van der Waals surface area contributed by atoms with Crippen LogP contribution in [0.4, 0.5) is 0 Å². The van der Waals surface area contributed by atoms with Crippen LogP contribution in [0.15, 0.2) is 30.3 Å². The predicted octanol–water partition coefficient (Wildman–Crippen LogP) is 5.29. The minimum absolute atomic E-state index is 0.00192. The van der Waals surface area contributed by atoms with Gasteiger partial charge in [0.05, 0.1) is 11.6 Å². The van der Waals surface area contributed by atoms with Crippen molar-refractivity contribution in [1.82, 2.24) is 10.4 Å². The van der Waals surface area contributed by atoms with Gasteiger partial charge in [0.25, 0.3) is 11.8 Å². The lowest BCUT2D eigenvalue weighted by Crippen LogP contribution is -2.56. The van der Waals surface area contributed by atoms with Crippen LogP contribution < -0.4 is 10.2 Å². The number of amides is 2. The Morgan fingerprint density at radius 1 is 0.967 bits per heavy atom. The van der Waals surface area contributed by atoms with Gasteiger partial charge in [-0.25, -0.2) is 5.01 Å². The minimum Gasteiger partial charge on any atom is -0.490 e. The zero-order chi connectivity index (χ0) is 22.8. The first-order valence-electron chi connectivity index (χ1n) is 10.3. The molecule has 0 heterocycles. The Kier molecular flexibility index (Phi) is 6.96. The normalized spacial score (nSPS) is 11.4. The number of carbonyl (C=O) groups excluding carboxylic acids is 2. The van der Waals surface area contributed by atoms with Gasteiger partial charge in [-0.1, -0.05) is 23.3 Å². The van der Waals surface area contributed by atoms with Crippen LogP contribution in [0.1, 0.15) is 77.6 Å². The highest BCUT2D eigenvalue weighted by Gasteiger charge is 2.30. The first kappa shape index (κ1) is 23.5. The molecule has 0 aromatic heterocycles. The molecule has 5 heteroatoms. The molecule has 0 saturated heterocycles. The van der Waals surface area contributed by atoms with E-state index in [2.05, 4.69) is 5.43 Å². The van der Waals surface area contributed by atoms with Gasteiger partial charge in [0, 0.05) is 16.7 Å². The van der Waals surface area contributed by atoms with Crippen LogP contribution in [0.5, 0.6) is 5.75 Å². The molecule has 2 amide bonds. The molecule has 2 rings (SSSR count). The Morgan fingerprint density at radius 3 is 2.03 bits per heavy atom. The van der Waals surface area contributed by atoms with Crippen molar-refractivity contribution in [2.24, 2.45) is 0 Å². The first-order chi connectivity index (χ1) is 13.8. The quantitative estimate of drug-likeness (QED) is 0.697. The zero-order valence-corrected chi connectivity index (χ0v) is 19.6. The standard InChI is InChI=1S/C25H34N2O3/c1-15(2)30-22-18(5)10-11-21(19(22)6)23(28)26-27(25(7,8)9)24(29)20-13-16(3)12-17(4)14-20/h10-15H,1-9H3,(H,26,28). The number of carbonyl (C=O) groups is 2. The smallest absolute Gasteiger partial charge is 0.272 e. The van der Waals surface area contributed by atoms with E-state index in [1.165, 1.54) is 5.01 Å². The van der Waals surface area contributed by atoms with Crippen molar-refractivity contribution in [3.8, 4) is 5.75 Å². The van der Waals surface area contributed by atoms with Gasteiger partial charge in [0.1, 0.15) is 5.75 Å². The summed E-state index contributed by atoms with van der Waals surface area (Å²) in [5.74, 6) is 0.125. The van der Waals surface area contributed by atoms with Gasteiger partial charge >= 0.3 is 0 Å². The molecule has 0 spiro atoms. The summed E-state index contributed by atoms with van der Waals surface area (Å²) in [6.07, 6.45) is -0.00192. The van der Waals surface area contributed by atoms with Gasteiger partial charge in [0.15, 0.2) is 0 Å². The van der Waals surface area contributed by atoms with Gasteiger partial charge in [-0.15, -0.1) is 0 Å². The molecule has 30 heavy (non-hydrogen) atoms. The molecule has 1 N–H and O–H groups in total. The second-order valence-corrected chi connectivity index (χ2v) is 9.18. The fraction of sp³-hybridized carbons (Fsp3) is 0.440. The third-order valence-corrected chi connectivity index (χ3v) is 4.76. The highest BCUT2D eigenvalue weighted by atomic mass is 16.5. The van der Waals surface area contributed by atoms with E-state index in [1.54, 1.807) is 6.07 Å². The molecule has 0 fully saturated rings.